The molecule has 1 aromatic heterocycles. The van der Waals surface area contributed by atoms with Gasteiger partial charge in [-0.05, 0) is 66.4 Å². The number of amidine groups is 2. The summed E-state index contributed by atoms with van der Waals surface area (Å²) in [5.74, 6) is 2.63. The van der Waals surface area contributed by atoms with E-state index in [1.807, 2.05) is 59.3 Å². The van der Waals surface area contributed by atoms with E-state index in [1.54, 1.807) is 0 Å². The number of hydrogen-bond acceptors (Lipinski definition) is 5. The molecule has 0 radical (unpaired) electrons. The van der Waals surface area contributed by atoms with E-state index in [9.17, 15) is 0 Å². The number of anilines is 2. The van der Waals surface area contributed by atoms with Crippen molar-refractivity contribution >= 4 is 46.2 Å². The van der Waals surface area contributed by atoms with Gasteiger partial charge in [0.2, 0.25) is 0 Å². The van der Waals surface area contributed by atoms with Gasteiger partial charge in [0, 0.05) is 16.3 Å². The molecule has 2 aliphatic rings. The number of para-hydroxylation sites is 3. The molecule has 4 aromatic carbocycles. The average Bonchev–Trinajstić information content (AvgIpc) is 3.32. The van der Waals surface area contributed by atoms with E-state index >= 15 is 0 Å². The molecule has 0 fully saturated rings. The van der Waals surface area contributed by atoms with E-state index < -0.39 is 0 Å². The third-order valence-corrected chi connectivity index (χ3v) is 7.88. The van der Waals surface area contributed by atoms with Crippen molar-refractivity contribution in [2.24, 2.45) is 9.98 Å². The summed E-state index contributed by atoms with van der Waals surface area (Å²) in [7, 11) is 0. The summed E-state index contributed by atoms with van der Waals surface area (Å²) < 4.78 is 1.95. The van der Waals surface area contributed by atoms with Crippen molar-refractivity contribution in [1.29, 1.82) is 0 Å². The normalized spacial score (nSPS) is 15.5. The van der Waals surface area contributed by atoms with Crippen LogP contribution in [0, 0.1) is 6.92 Å². The topological polar surface area (TPSA) is 57.8 Å². The zero-order valence-electron chi connectivity index (χ0n) is 23.1. The number of nitrogens with zero attached hydrogens (tertiary/aromatic N) is 5. The Kier molecular flexibility index (Phi) is 6.20. The molecule has 2 aliphatic heterocycles. The fraction of sp³-hybridized carbons (Fsp3) is 0.147. The molecular weight excluding hydrogens is 528 g/mol. The summed E-state index contributed by atoms with van der Waals surface area (Å²) in [6.45, 7) is 6.51. The van der Waals surface area contributed by atoms with Crippen LogP contribution in [0.4, 0.5) is 22.9 Å². The lowest BCUT2D eigenvalue weighted by atomic mass is 9.91. The van der Waals surface area contributed by atoms with Gasteiger partial charge in [0.05, 0.1) is 28.8 Å². The smallest absolute Gasteiger partial charge is 0.179 e. The highest BCUT2D eigenvalue weighted by Crippen LogP contribution is 2.48. The van der Waals surface area contributed by atoms with E-state index in [1.165, 1.54) is 5.56 Å². The second kappa shape index (κ2) is 10.1. The number of rotatable bonds is 4. The van der Waals surface area contributed by atoms with Gasteiger partial charge < -0.3 is 10.2 Å². The summed E-state index contributed by atoms with van der Waals surface area (Å²) in [5.41, 5.74) is 8.16. The number of benzene rings is 4. The summed E-state index contributed by atoms with van der Waals surface area (Å²) in [6.07, 6.45) is 0. The van der Waals surface area contributed by atoms with Gasteiger partial charge in [0.15, 0.2) is 17.5 Å². The predicted molar refractivity (Wildman–Crippen MR) is 169 cm³/mol. The minimum atomic E-state index is -0.163. The van der Waals surface area contributed by atoms with Crippen LogP contribution >= 0.6 is 11.6 Å². The van der Waals surface area contributed by atoms with Gasteiger partial charge in [-0.1, -0.05) is 86.1 Å². The van der Waals surface area contributed by atoms with E-state index in [4.69, 9.17) is 26.7 Å². The van der Waals surface area contributed by atoms with Crippen LogP contribution in [0.25, 0.3) is 5.69 Å². The molecule has 0 bridgehead atoms. The maximum atomic E-state index is 6.35. The second-order valence-electron chi connectivity index (χ2n) is 10.7. The van der Waals surface area contributed by atoms with Crippen LogP contribution in [-0.2, 0) is 0 Å². The third kappa shape index (κ3) is 4.41. The highest BCUT2D eigenvalue weighted by molar-refractivity contribution is 6.51. The highest BCUT2D eigenvalue weighted by Gasteiger charge is 2.41. The standard InChI is InChI=1S/C34H29ClN6/c1-21(2)23-16-18-24(19-17-23)31-30-22(3)39-41(27-12-5-4-6-13-27)33(30)38-34-32(36-26-11-9-10-25(35)20-26)37-28-14-7-8-15-29(28)40(31)34/h4-21,31H,1-3H3,(H,36,37). The number of nitrogens with one attached hydrogen (secondary N) is 1. The monoisotopic (exact) mass is 556 g/mol. The lowest BCUT2D eigenvalue weighted by molar-refractivity contribution is 0.810. The van der Waals surface area contributed by atoms with E-state index in [-0.39, 0.29) is 6.04 Å². The van der Waals surface area contributed by atoms with Crippen LogP contribution in [-0.4, -0.2) is 21.5 Å². The first-order valence-corrected chi connectivity index (χ1v) is 14.2. The molecule has 1 unspecified atom stereocenters. The van der Waals surface area contributed by atoms with Crippen LogP contribution in [0.15, 0.2) is 113 Å². The molecule has 6 nitrogen and oxygen atoms in total. The third-order valence-electron chi connectivity index (χ3n) is 7.65. The Morgan fingerprint density at radius 2 is 1.59 bits per heavy atom. The molecule has 0 aliphatic carbocycles. The zero-order valence-corrected chi connectivity index (χ0v) is 23.8. The summed E-state index contributed by atoms with van der Waals surface area (Å²) in [6, 6.07) is 34.8. The molecule has 1 atom stereocenters. The second-order valence-corrected chi connectivity index (χ2v) is 11.1. The van der Waals surface area contributed by atoms with Crippen LogP contribution in [0.2, 0.25) is 5.02 Å². The largest absolute Gasteiger partial charge is 0.337 e. The number of aromatic nitrogens is 2. The Labute approximate surface area is 244 Å². The summed E-state index contributed by atoms with van der Waals surface area (Å²) in [4.78, 5) is 12.7. The fourth-order valence-corrected chi connectivity index (χ4v) is 5.82. The van der Waals surface area contributed by atoms with Crippen molar-refractivity contribution in [2.75, 3.05) is 10.2 Å². The number of aliphatic imine (C=N–C) groups is 2. The Morgan fingerprint density at radius 1 is 0.829 bits per heavy atom. The molecule has 0 amide bonds. The molecule has 1 N–H and O–H groups in total. The number of hydrogen-bond donors (Lipinski definition) is 1. The fourth-order valence-electron chi connectivity index (χ4n) is 5.63. The van der Waals surface area contributed by atoms with Crippen LogP contribution in [0.1, 0.15) is 48.2 Å². The minimum absolute atomic E-state index is 0.163. The van der Waals surface area contributed by atoms with Crippen molar-refractivity contribution in [3.63, 3.8) is 0 Å². The van der Waals surface area contributed by atoms with Gasteiger partial charge >= 0.3 is 0 Å². The van der Waals surface area contributed by atoms with E-state index in [0.29, 0.717) is 16.8 Å². The molecule has 202 valence electrons. The lowest BCUT2D eigenvalue weighted by Gasteiger charge is -2.40. The molecule has 5 aromatic rings. The van der Waals surface area contributed by atoms with E-state index in [0.717, 1.165) is 51.2 Å². The van der Waals surface area contributed by atoms with Gasteiger partial charge in [0.25, 0.3) is 0 Å². The predicted octanol–water partition coefficient (Wildman–Crippen LogP) is 8.75. The lowest BCUT2D eigenvalue weighted by Crippen LogP contribution is -2.46. The van der Waals surface area contributed by atoms with Crippen molar-refractivity contribution in [3.8, 4) is 5.69 Å². The first-order chi connectivity index (χ1) is 20.0. The number of fused-ring (bicyclic) bond motifs is 4. The van der Waals surface area contributed by atoms with Crippen LogP contribution in [0.5, 0.6) is 0 Å². The van der Waals surface area contributed by atoms with Gasteiger partial charge in [-0.25, -0.2) is 14.7 Å². The molecule has 3 heterocycles. The quantitative estimate of drug-likeness (QED) is 0.241. The minimum Gasteiger partial charge on any atom is -0.337 e. The zero-order chi connectivity index (χ0) is 28.1. The molecule has 0 saturated heterocycles. The first-order valence-electron chi connectivity index (χ1n) is 13.8. The van der Waals surface area contributed by atoms with Gasteiger partial charge in [-0.15, -0.1) is 0 Å². The molecular formula is C34H29ClN6. The van der Waals surface area contributed by atoms with Gasteiger partial charge in [0.1, 0.15) is 0 Å². The summed E-state index contributed by atoms with van der Waals surface area (Å²) >= 11 is 6.35. The van der Waals surface area contributed by atoms with Crippen molar-refractivity contribution in [1.82, 2.24) is 9.78 Å². The highest BCUT2D eigenvalue weighted by atomic mass is 35.5. The Balaban J connectivity index is 1.48. The van der Waals surface area contributed by atoms with Crippen molar-refractivity contribution < 1.29 is 0 Å². The number of halogens is 1. The van der Waals surface area contributed by atoms with E-state index in [2.05, 4.69) is 79.5 Å². The summed E-state index contributed by atoms with van der Waals surface area (Å²) in [5, 5.41) is 9.19. The van der Waals surface area contributed by atoms with Gasteiger partial charge in [-0.2, -0.15) is 5.10 Å². The average molecular weight is 557 g/mol. The van der Waals surface area contributed by atoms with Crippen LogP contribution in [0.3, 0.4) is 0 Å². The first kappa shape index (κ1) is 25.3. The molecule has 7 rings (SSSR count). The van der Waals surface area contributed by atoms with Crippen molar-refractivity contribution in [3.05, 3.63) is 131 Å². The Hall–Kier alpha value is -4.68. The van der Waals surface area contributed by atoms with Gasteiger partial charge in [-0.3, -0.25) is 0 Å². The molecule has 7 heteroatoms. The maximum absolute atomic E-state index is 6.35. The van der Waals surface area contributed by atoms with Crippen molar-refractivity contribution in [2.45, 2.75) is 32.7 Å². The Bertz CT molecular complexity index is 1820. The SMILES string of the molecule is Cc1nn(-c2ccccc2)c2c1C(c1ccc(C(C)C)cc1)N1C(=N2)C(Nc2cccc(Cl)c2)=Nc2ccccc21. The molecule has 0 spiro atoms. The maximum Gasteiger partial charge on any atom is 0.179 e. The van der Waals surface area contributed by atoms with Crippen LogP contribution < -0.4 is 10.2 Å². The molecule has 41 heavy (non-hydrogen) atoms. The number of aryl methyl sites for hydroxylation is 1. The Morgan fingerprint density at radius 3 is 2.34 bits per heavy atom. The molecule has 0 saturated carbocycles.